The van der Waals surface area contributed by atoms with Crippen LogP contribution in [0.1, 0.15) is 0 Å². The van der Waals surface area contributed by atoms with Crippen molar-refractivity contribution in [2.24, 2.45) is 5.73 Å². The Labute approximate surface area is 235 Å². The van der Waals surface area contributed by atoms with Gasteiger partial charge >= 0.3 is 0 Å². The lowest BCUT2D eigenvalue weighted by Crippen LogP contribution is -2.36. The van der Waals surface area contributed by atoms with Gasteiger partial charge in [0.1, 0.15) is 21.3 Å². The molecule has 2 aromatic heterocycles. The van der Waals surface area contributed by atoms with Crippen molar-refractivity contribution in [1.29, 1.82) is 0 Å². The Kier molecular flexibility index (Phi) is 8.69. The first-order chi connectivity index (χ1) is 19.5. The highest BCUT2D eigenvalue weighted by Gasteiger charge is 2.35. The molecule has 0 saturated carbocycles. The molecule has 0 aliphatic heterocycles. The standard InChI is InChI=1S/C23H27N9O7S2/c1-38-14-3-5-19(39-2)18(9-14)30-41(36,37)22-20(40(34,35)27-11-13(33)10-24)6-4-16(15-7-8-26-12-17(15)25)21(22)23-28-31-32-29-23/h3-9,12-13,27,30,33H,10-11,24-25H2,1-2H3,(H,28,29,31,32)/t13-/m0/s1. The van der Waals surface area contributed by atoms with Gasteiger partial charge in [0, 0.05) is 30.9 Å². The van der Waals surface area contributed by atoms with E-state index in [1.807, 2.05) is 0 Å². The van der Waals surface area contributed by atoms with Crippen LogP contribution >= 0.6 is 0 Å². The number of hydrogen-bond acceptors (Lipinski definition) is 13. The third-order valence-corrected chi connectivity index (χ3v) is 8.87. The van der Waals surface area contributed by atoms with Gasteiger partial charge in [0.05, 0.1) is 43.5 Å². The molecule has 0 aliphatic carbocycles. The van der Waals surface area contributed by atoms with Crippen molar-refractivity contribution in [2.45, 2.75) is 15.9 Å². The Hall–Kier alpha value is -4.36. The number of aliphatic hydroxyl groups is 1. The van der Waals surface area contributed by atoms with Crippen molar-refractivity contribution in [3.05, 3.63) is 48.8 Å². The molecule has 41 heavy (non-hydrogen) atoms. The number of aromatic nitrogens is 5. The molecule has 16 nitrogen and oxygen atoms in total. The minimum Gasteiger partial charge on any atom is -0.497 e. The van der Waals surface area contributed by atoms with E-state index >= 15 is 0 Å². The van der Waals surface area contributed by atoms with Crippen LogP contribution in [0.15, 0.2) is 58.6 Å². The number of aliphatic hydroxyl groups excluding tert-OH is 1. The highest BCUT2D eigenvalue weighted by Crippen LogP contribution is 2.42. The van der Waals surface area contributed by atoms with E-state index in [1.54, 1.807) is 6.07 Å². The van der Waals surface area contributed by atoms with Gasteiger partial charge in [0.2, 0.25) is 15.8 Å². The molecule has 218 valence electrons. The zero-order valence-electron chi connectivity index (χ0n) is 21.8. The lowest BCUT2D eigenvalue weighted by Gasteiger charge is -2.20. The van der Waals surface area contributed by atoms with Gasteiger partial charge in [-0.15, -0.1) is 10.2 Å². The second-order valence-electron chi connectivity index (χ2n) is 8.43. The summed E-state index contributed by atoms with van der Waals surface area (Å²) in [5.41, 5.74) is 12.0. The number of methoxy groups -OCH3 is 2. The molecule has 8 N–H and O–H groups in total. The predicted molar refractivity (Wildman–Crippen MR) is 148 cm³/mol. The molecule has 0 aliphatic rings. The van der Waals surface area contributed by atoms with Crippen molar-refractivity contribution < 1.29 is 31.4 Å². The third kappa shape index (κ3) is 6.20. The fraction of sp³-hybridized carbons (Fsp3) is 0.217. The van der Waals surface area contributed by atoms with Crippen molar-refractivity contribution >= 4 is 31.4 Å². The molecule has 0 unspecified atom stereocenters. The monoisotopic (exact) mass is 605 g/mol. The van der Waals surface area contributed by atoms with Gasteiger partial charge in [-0.2, -0.15) is 5.21 Å². The summed E-state index contributed by atoms with van der Waals surface area (Å²) >= 11 is 0. The van der Waals surface area contributed by atoms with E-state index in [0.717, 1.165) is 6.07 Å². The van der Waals surface area contributed by atoms with E-state index in [0.29, 0.717) is 11.3 Å². The Bertz CT molecular complexity index is 1750. The van der Waals surface area contributed by atoms with E-state index in [4.69, 9.17) is 20.9 Å². The molecule has 4 rings (SSSR count). The van der Waals surface area contributed by atoms with Crippen LogP contribution in [0.25, 0.3) is 22.5 Å². The van der Waals surface area contributed by atoms with Gasteiger partial charge in [0.25, 0.3) is 10.0 Å². The summed E-state index contributed by atoms with van der Waals surface area (Å²) in [6.45, 7) is -0.717. The Morgan fingerprint density at radius 1 is 1.05 bits per heavy atom. The Morgan fingerprint density at radius 3 is 2.46 bits per heavy atom. The molecule has 4 aromatic rings. The average Bonchev–Trinajstić information content (AvgIpc) is 3.50. The maximum absolute atomic E-state index is 14.2. The van der Waals surface area contributed by atoms with Crippen LogP contribution in [0.2, 0.25) is 0 Å². The van der Waals surface area contributed by atoms with Crippen LogP contribution in [-0.2, 0) is 20.0 Å². The second-order valence-corrected chi connectivity index (χ2v) is 11.8. The molecule has 1 atom stereocenters. The molecule has 0 amide bonds. The number of ether oxygens (including phenoxy) is 2. The maximum Gasteiger partial charge on any atom is 0.264 e. The number of pyridine rings is 1. The van der Waals surface area contributed by atoms with E-state index in [1.165, 1.54) is 50.9 Å². The predicted octanol–water partition coefficient (Wildman–Crippen LogP) is -0.0732. The number of rotatable bonds is 12. The number of sulfonamides is 2. The summed E-state index contributed by atoms with van der Waals surface area (Å²) in [4.78, 5) is 2.56. The lowest BCUT2D eigenvalue weighted by atomic mass is 9.99. The van der Waals surface area contributed by atoms with Gasteiger partial charge in [-0.05, 0) is 35.0 Å². The van der Waals surface area contributed by atoms with Crippen LogP contribution in [0, 0.1) is 0 Å². The molecule has 2 aromatic carbocycles. The van der Waals surface area contributed by atoms with Crippen LogP contribution < -0.4 is 30.4 Å². The van der Waals surface area contributed by atoms with Crippen LogP contribution in [0.4, 0.5) is 11.4 Å². The SMILES string of the molecule is COc1ccc(OC)c(NS(=O)(=O)c2c(S(=O)(=O)NC[C@@H](O)CN)ccc(-c3ccncc3N)c2-c2nn[nH]n2)c1. The van der Waals surface area contributed by atoms with Crippen LogP contribution in [-0.4, -0.2) is 81.0 Å². The molecule has 0 spiro atoms. The molecule has 18 heteroatoms. The molecule has 2 heterocycles. The van der Waals surface area contributed by atoms with Crippen LogP contribution in [0.3, 0.4) is 0 Å². The van der Waals surface area contributed by atoms with Gasteiger partial charge in [-0.25, -0.2) is 21.6 Å². The topological polar surface area (TPSA) is 250 Å². The second kappa shape index (κ2) is 12.0. The van der Waals surface area contributed by atoms with E-state index in [-0.39, 0.29) is 40.6 Å². The fourth-order valence-electron chi connectivity index (χ4n) is 3.86. The van der Waals surface area contributed by atoms with Crippen molar-refractivity contribution in [3.63, 3.8) is 0 Å². The normalized spacial score (nSPS) is 12.6. The summed E-state index contributed by atoms with van der Waals surface area (Å²) in [6.07, 6.45) is 1.56. The first kappa shape index (κ1) is 29.6. The Balaban J connectivity index is 2.06. The first-order valence-electron chi connectivity index (χ1n) is 11.8. The number of nitrogen functional groups attached to an aromatic ring is 1. The van der Waals surface area contributed by atoms with Crippen molar-refractivity contribution in [3.8, 4) is 34.0 Å². The van der Waals surface area contributed by atoms with E-state index in [9.17, 15) is 21.9 Å². The zero-order valence-corrected chi connectivity index (χ0v) is 23.4. The minimum atomic E-state index is -4.80. The molecule has 0 saturated heterocycles. The molecular formula is C23H27N9O7S2. The number of nitrogens with one attached hydrogen (secondary N) is 3. The summed E-state index contributed by atoms with van der Waals surface area (Å²) < 4.78 is 70.6. The highest BCUT2D eigenvalue weighted by molar-refractivity contribution is 7.94. The minimum absolute atomic E-state index is 0.0467. The zero-order chi connectivity index (χ0) is 29.8. The summed E-state index contributed by atoms with van der Waals surface area (Å²) in [5.74, 6) is 0.178. The number of hydrogen-bond donors (Lipinski definition) is 6. The fourth-order valence-corrected chi connectivity index (χ4v) is 7.04. The smallest absolute Gasteiger partial charge is 0.264 e. The van der Waals surface area contributed by atoms with Gasteiger partial charge in [0.15, 0.2) is 0 Å². The number of tetrazole rings is 1. The Morgan fingerprint density at radius 2 is 1.83 bits per heavy atom. The largest absolute Gasteiger partial charge is 0.497 e. The number of nitrogens with zero attached hydrogens (tertiary/aromatic N) is 4. The summed E-state index contributed by atoms with van der Waals surface area (Å²) in [5, 5.41) is 23.5. The third-order valence-electron chi connectivity index (χ3n) is 5.82. The number of aromatic amines is 1. The number of nitrogens with two attached hydrogens (primary N) is 2. The number of benzene rings is 2. The molecule has 0 radical (unpaired) electrons. The number of H-pyrrole nitrogens is 1. The van der Waals surface area contributed by atoms with Crippen LogP contribution in [0.5, 0.6) is 11.5 Å². The summed E-state index contributed by atoms with van der Waals surface area (Å²) in [6, 6.07) is 8.35. The van der Waals surface area contributed by atoms with Crippen molar-refractivity contribution in [1.82, 2.24) is 30.3 Å². The van der Waals surface area contributed by atoms with Gasteiger partial charge in [-0.1, -0.05) is 6.07 Å². The first-order valence-corrected chi connectivity index (χ1v) is 14.7. The van der Waals surface area contributed by atoms with E-state index < -0.39 is 42.5 Å². The van der Waals surface area contributed by atoms with Gasteiger partial charge in [-0.3, -0.25) is 9.71 Å². The molecule has 0 fully saturated rings. The molecular weight excluding hydrogens is 578 g/mol. The quantitative estimate of drug-likeness (QED) is 0.124. The van der Waals surface area contributed by atoms with Gasteiger partial charge < -0.3 is 26.0 Å². The van der Waals surface area contributed by atoms with E-state index in [2.05, 4.69) is 35.1 Å². The number of anilines is 2. The average molecular weight is 606 g/mol. The van der Waals surface area contributed by atoms with Crippen molar-refractivity contribution in [2.75, 3.05) is 37.8 Å². The summed E-state index contributed by atoms with van der Waals surface area (Å²) in [7, 11) is -6.67. The maximum atomic E-state index is 14.2. The highest BCUT2D eigenvalue weighted by atomic mass is 32.2. The lowest BCUT2D eigenvalue weighted by molar-refractivity contribution is 0.186. The molecule has 0 bridgehead atoms.